The Morgan fingerprint density at radius 3 is 3.05 bits per heavy atom. The highest BCUT2D eigenvalue weighted by atomic mass is 35.5. The van der Waals surface area contributed by atoms with Gasteiger partial charge in [0.15, 0.2) is 0 Å². The number of nitrogens with one attached hydrogen (secondary N) is 1. The van der Waals surface area contributed by atoms with Crippen molar-refractivity contribution in [2.24, 2.45) is 0 Å². The van der Waals surface area contributed by atoms with Gasteiger partial charge in [-0.25, -0.2) is 4.98 Å². The predicted molar refractivity (Wildman–Crippen MR) is 77.6 cm³/mol. The van der Waals surface area contributed by atoms with Crippen molar-refractivity contribution in [1.29, 1.82) is 0 Å². The van der Waals surface area contributed by atoms with Crippen LogP contribution < -0.4 is 5.32 Å². The molecule has 3 heterocycles. The fraction of sp³-hybridized carbons (Fsp3) is 0.500. The van der Waals surface area contributed by atoms with Crippen LogP contribution in [0.5, 0.6) is 0 Å². The Balaban J connectivity index is 1.83. The third-order valence-corrected chi connectivity index (χ3v) is 3.81. The zero-order valence-corrected chi connectivity index (χ0v) is 12.1. The van der Waals surface area contributed by atoms with Gasteiger partial charge in [-0.1, -0.05) is 11.6 Å². The standard InChI is InChI=1S/C14H19ClN4/c1-14(2)10-18(6-5-17-14)9-12-7-16-13-4-3-11(15)8-19(12)13/h3-4,7-8,17H,5-6,9-10H2,1-2H3. The van der Waals surface area contributed by atoms with Gasteiger partial charge in [0.1, 0.15) is 5.65 Å². The SMILES string of the molecule is CC1(C)CN(Cc2cnc3ccc(Cl)cn23)CCN1. The zero-order chi connectivity index (χ0) is 13.5. The van der Waals surface area contributed by atoms with Crippen molar-refractivity contribution < 1.29 is 0 Å². The van der Waals surface area contributed by atoms with E-state index in [1.54, 1.807) is 0 Å². The molecule has 0 aliphatic carbocycles. The number of halogens is 1. The first-order valence-corrected chi connectivity index (χ1v) is 7.00. The fourth-order valence-corrected chi connectivity index (χ4v) is 2.89. The molecule has 0 bridgehead atoms. The second kappa shape index (κ2) is 4.78. The van der Waals surface area contributed by atoms with Crippen molar-refractivity contribution >= 4 is 17.2 Å². The Morgan fingerprint density at radius 2 is 2.26 bits per heavy atom. The number of fused-ring (bicyclic) bond motifs is 1. The molecule has 3 rings (SSSR count). The molecular formula is C14H19ClN4. The van der Waals surface area contributed by atoms with Gasteiger partial charge in [0.25, 0.3) is 0 Å². The highest BCUT2D eigenvalue weighted by molar-refractivity contribution is 6.30. The number of hydrogen-bond acceptors (Lipinski definition) is 3. The normalized spacial score (nSPS) is 19.9. The molecule has 0 aromatic carbocycles. The summed E-state index contributed by atoms with van der Waals surface area (Å²) >= 11 is 6.06. The highest BCUT2D eigenvalue weighted by Crippen LogP contribution is 2.17. The molecule has 19 heavy (non-hydrogen) atoms. The minimum atomic E-state index is 0.177. The Kier molecular flexibility index (Phi) is 3.25. The Morgan fingerprint density at radius 1 is 1.42 bits per heavy atom. The van der Waals surface area contributed by atoms with Gasteiger partial charge < -0.3 is 9.72 Å². The molecule has 2 aromatic rings. The molecule has 1 aliphatic rings. The van der Waals surface area contributed by atoms with E-state index in [-0.39, 0.29) is 5.54 Å². The maximum Gasteiger partial charge on any atom is 0.137 e. The quantitative estimate of drug-likeness (QED) is 0.914. The van der Waals surface area contributed by atoms with Gasteiger partial charge in [0.2, 0.25) is 0 Å². The van der Waals surface area contributed by atoms with Gasteiger partial charge in [-0.05, 0) is 26.0 Å². The van der Waals surface area contributed by atoms with E-state index in [0.717, 1.165) is 36.8 Å². The van der Waals surface area contributed by atoms with Crippen LogP contribution in [0, 0.1) is 0 Å². The van der Waals surface area contributed by atoms with E-state index in [0.29, 0.717) is 0 Å². The van der Waals surface area contributed by atoms with Crippen molar-refractivity contribution in [3.8, 4) is 0 Å². The van der Waals surface area contributed by atoms with Crippen LogP contribution in [-0.2, 0) is 6.54 Å². The molecule has 0 radical (unpaired) electrons. The molecule has 1 saturated heterocycles. The molecule has 0 saturated carbocycles. The fourth-order valence-electron chi connectivity index (χ4n) is 2.73. The van der Waals surface area contributed by atoms with Gasteiger partial charge in [0.05, 0.1) is 16.9 Å². The van der Waals surface area contributed by atoms with E-state index in [4.69, 9.17) is 11.6 Å². The van der Waals surface area contributed by atoms with Crippen LogP contribution in [0.3, 0.4) is 0 Å². The van der Waals surface area contributed by atoms with E-state index in [1.807, 2.05) is 24.5 Å². The largest absolute Gasteiger partial charge is 0.309 e. The Labute approximate surface area is 118 Å². The monoisotopic (exact) mass is 278 g/mol. The number of pyridine rings is 1. The van der Waals surface area contributed by atoms with E-state index >= 15 is 0 Å². The molecule has 1 fully saturated rings. The first-order chi connectivity index (χ1) is 9.03. The summed E-state index contributed by atoms with van der Waals surface area (Å²) in [5, 5.41) is 4.27. The van der Waals surface area contributed by atoms with Gasteiger partial charge in [-0.15, -0.1) is 0 Å². The van der Waals surface area contributed by atoms with Gasteiger partial charge in [0, 0.05) is 37.9 Å². The van der Waals surface area contributed by atoms with E-state index < -0.39 is 0 Å². The van der Waals surface area contributed by atoms with Crippen LogP contribution in [0.25, 0.3) is 5.65 Å². The van der Waals surface area contributed by atoms with E-state index in [9.17, 15) is 0 Å². The smallest absolute Gasteiger partial charge is 0.137 e. The van der Waals surface area contributed by atoms with Gasteiger partial charge >= 0.3 is 0 Å². The van der Waals surface area contributed by atoms with Crippen LogP contribution in [0.4, 0.5) is 0 Å². The van der Waals surface area contributed by atoms with Crippen LogP contribution >= 0.6 is 11.6 Å². The summed E-state index contributed by atoms with van der Waals surface area (Å²) < 4.78 is 2.08. The summed E-state index contributed by atoms with van der Waals surface area (Å²) in [4.78, 5) is 6.88. The number of nitrogens with zero attached hydrogens (tertiary/aromatic N) is 3. The molecule has 102 valence electrons. The van der Waals surface area contributed by atoms with E-state index in [2.05, 4.69) is 33.4 Å². The lowest BCUT2D eigenvalue weighted by Crippen LogP contribution is -2.56. The van der Waals surface area contributed by atoms with Crippen molar-refractivity contribution in [1.82, 2.24) is 19.6 Å². The summed E-state index contributed by atoms with van der Waals surface area (Å²) in [5.74, 6) is 0. The molecule has 0 amide bonds. The van der Waals surface area contributed by atoms with E-state index in [1.165, 1.54) is 5.69 Å². The number of aromatic nitrogens is 2. The second-order valence-electron chi connectivity index (χ2n) is 5.85. The molecule has 5 heteroatoms. The third-order valence-electron chi connectivity index (χ3n) is 3.58. The lowest BCUT2D eigenvalue weighted by molar-refractivity contribution is 0.146. The molecule has 1 aliphatic heterocycles. The summed E-state index contributed by atoms with van der Waals surface area (Å²) in [6.07, 6.45) is 3.88. The summed E-state index contributed by atoms with van der Waals surface area (Å²) in [5.41, 5.74) is 2.32. The summed E-state index contributed by atoms with van der Waals surface area (Å²) in [7, 11) is 0. The van der Waals surface area contributed by atoms with Crippen molar-refractivity contribution in [2.75, 3.05) is 19.6 Å². The number of rotatable bonds is 2. The highest BCUT2D eigenvalue weighted by Gasteiger charge is 2.25. The van der Waals surface area contributed by atoms with Gasteiger partial charge in [-0.3, -0.25) is 4.90 Å². The topological polar surface area (TPSA) is 32.6 Å². The average molecular weight is 279 g/mol. The zero-order valence-electron chi connectivity index (χ0n) is 11.4. The molecule has 0 atom stereocenters. The lowest BCUT2D eigenvalue weighted by atomic mass is 10.0. The number of hydrogen-bond donors (Lipinski definition) is 1. The average Bonchev–Trinajstić information content (AvgIpc) is 2.71. The predicted octanol–water partition coefficient (Wildman–Crippen LogP) is 2.17. The van der Waals surface area contributed by atoms with Crippen LogP contribution in [0.15, 0.2) is 24.5 Å². The van der Waals surface area contributed by atoms with Crippen LogP contribution in [0.1, 0.15) is 19.5 Å². The third kappa shape index (κ3) is 2.76. The van der Waals surface area contributed by atoms with Crippen molar-refractivity contribution in [2.45, 2.75) is 25.9 Å². The second-order valence-corrected chi connectivity index (χ2v) is 6.28. The molecule has 2 aromatic heterocycles. The van der Waals surface area contributed by atoms with Crippen LogP contribution in [0.2, 0.25) is 5.02 Å². The van der Waals surface area contributed by atoms with Crippen LogP contribution in [-0.4, -0.2) is 39.5 Å². The molecule has 1 N–H and O–H groups in total. The molecule has 4 nitrogen and oxygen atoms in total. The minimum absolute atomic E-state index is 0.177. The van der Waals surface area contributed by atoms with Crippen molar-refractivity contribution in [3.63, 3.8) is 0 Å². The maximum absolute atomic E-state index is 6.06. The molecular weight excluding hydrogens is 260 g/mol. The first-order valence-electron chi connectivity index (χ1n) is 6.62. The molecule has 0 unspecified atom stereocenters. The Bertz CT molecular complexity index is 590. The van der Waals surface area contributed by atoms with Crippen molar-refractivity contribution in [3.05, 3.63) is 35.2 Å². The Hall–Kier alpha value is -1.10. The first kappa shape index (κ1) is 12.9. The summed E-state index contributed by atoms with van der Waals surface area (Å²) in [6.45, 7) is 8.53. The minimum Gasteiger partial charge on any atom is -0.309 e. The summed E-state index contributed by atoms with van der Waals surface area (Å²) in [6, 6.07) is 3.83. The number of piperazine rings is 1. The maximum atomic E-state index is 6.06. The molecule has 0 spiro atoms. The number of imidazole rings is 1. The van der Waals surface area contributed by atoms with Gasteiger partial charge in [-0.2, -0.15) is 0 Å². The lowest BCUT2D eigenvalue weighted by Gasteiger charge is -2.39.